The van der Waals surface area contributed by atoms with Crippen molar-refractivity contribution >= 4 is 5.84 Å². The van der Waals surface area contributed by atoms with Crippen LogP contribution in [0.15, 0.2) is 29.5 Å². The lowest BCUT2D eigenvalue weighted by Crippen LogP contribution is -2.07. The maximum absolute atomic E-state index is 5.46. The Labute approximate surface area is 72.3 Å². The minimum atomic E-state index is 0.101. The summed E-state index contributed by atoms with van der Waals surface area (Å²) in [4.78, 5) is 8.20. The number of amidine groups is 1. The zero-order valence-corrected chi connectivity index (χ0v) is 7.36. The van der Waals surface area contributed by atoms with E-state index in [4.69, 9.17) is 5.73 Å². The number of hydrogen-bond acceptors (Lipinski definition) is 2. The normalized spacial score (nSPS) is 14.3. The molecule has 0 saturated heterocycles. The van der Waals surface area contributed by atoms with Crippen molar-refractivity contribution < 1.29 is 0 Å². The molecule has 0 aliphatic rings. The standard InChI is InChI=1S/C9H13N3/c1-7(12-8(2)10)9-4-3-5-11-6-9/h3-7H,1-2H3,(H2,10,12). The Morgan fingerprint density at radius 3 is 2.92 bits per heavy atom. The van der Waals surface area contributed by atoms with E-state index in [1.807, 2.05) is 19.1 Å². The predicted octanol–water partition coefficient (Wildman–Crippen LogP) is 1.52. The summed E-state index contributed by atoms with van der Waals surface area (Å²) in [5, 5.41) is 0. The molecule has 0 bridgehead atoms. The summed E-state index contributed by atoms with van der Waals surface area (Å²) in [7, 11) is 0. The van der Waals surface area contributed by atoms with Crippen LogP contribution in [0.25, 0.3) is 0 Å². The van der Waals surface area contributed by atoms with E-state index in [0.717, 1.165) is 5.56 Å². The summed E-state index contributed by atoms with van der Waals surface area (Å²) in [5.41, 5.74) is 6.55. The molecule has 0 fully saturated rings. The fourth-order valence-corrected chi connectivity index (χ4v) is 1.00. The SMILES string of the molecule is CC(N)=NC(C)c1cccnc1. The molecule has 0 aliphatic carbocycles. The lowest BCUT2D eigenvalue weighted by Gasteiger charge is -2.05. The Balaban J connectivity index is 2.79. The number of rotatable bonds is 2. The van der Waals surface area contributed by atoms with Gasteiger partial charge in [-0.25, -0.2) is 0 Å². The second-order valence-corrected chi connectivity index (χ2v) is 2.73. The van der Waals surface area contributed by atoms with Crippen LogP contribution in [0.2, 0.25) is 0 Å². The Hall–Kier alpha value is -1.38. The van der Waals surface area contributed by atoms with Crippen LogP contribution in [-0.4, -0.2) is 10.8 Å². The Morgan fingerprint density at radius 2 is 2.42 bits per heavy atom. The van der Waals surface area contributed by atoms with Crippen molar-refractivity contribution in [2.24, 2.45) is 10.7 Å². The fourth-order valence-electron chi connectivity index (χ4n) is 1.00. The van der Waals surface area contributed by atoms with Crippen LogP contribution >= 0.6 is 0 Å². The van der Waals surface area contributed by atoms with Crippen LogP contribution in [0.1, 0.15) is 25.5 Å². The monoisotopic (exact) mass is 163 g/mol. The molecule has 0 spiro atoms. The van der Waals surface area contributed by atoms with Crippen molar-refractivity contribution in [2.75, 3.05) is 0 Å². The van der Waals surface area contributed by atoms with E-state index in [1.165, 1.54) is 0 Å². The largest absolute Gasteiger partial charge is 0.388 e. The van der Waals surface area contributed by atoms with E-state index in [2.05, 4.69) is 9.98 Å². The number of nitrogens with zero attached hydrogens (tertiary/aromatic N) is 2. The third kappa shape index (κ3) is 2.34. The molecule has 12 heavy (non-hydrogen) atoms. The van der Waals surface area contributed by atoms with Gasteiger partial charge < -0.3 is 5.73 Å². The van der Waals surface area contributed by atoms with Crippen molar-refractivity contribution in [3.05, 3.63) is 30.1 Å². The molecule has 2 N–H and O–H groups in total. The quantitative estimate of drug-likeness (QED) is 0.531. The molecule has 1 unspecified atom stereocenters. The van der Waals surface area contributed by atoms with Crippen molar-refractivity contribution in [3.8, 4) is 0 Å². The summed E-state index contributed by atoms with van der Waals surface area (Å²) < 4.78 is 0. The van der Waals surface area contributed by atoms with Crippen LogP contribution in [0.5, 0.6) is 0 Å². The maximum atomic E-state index is 5.46. The molecule has 0 aliphatic heterocycles. The lowest BCUT2D eigenvalue weighted by atomic mass is 10.1. The van der Waals surface area contributed by atoms with Gasteiger partial charge in [-0.15, -0.1) is 0 Å². The topological polar surface area (TPSA) is 51.3 Å². The highest BCUT2D eigenvalue weighted by molar-refractivity contribution is 5.77. The fraction of sp³-hybridized carbons (Fsp3) is 0.333. The third-order valence-corrected chi connectivity index (χ3v) is 1.56. The summed E-state index contributed by atoms with van der Waals surface area (Å²) >= 11 is 0. The maximum Gasteiger partial charge on any atom is 0.0913 e. The zero-order valence-electron chi connectivity index (χ0n) is 7.36. The smallest absolute Gasteiger partial charge is 0.0913 e. The minimum absolute atomic E-state index is 0.101. The summed E-state index contributed by atoms with van der Waals surface area (Å²) in [6, 6.07) is 3.99. The average Bonchev–Trinajstić information content (AvgIpc) is 2.05. The second-order valence-electron chi connectivity index (χ2n) is 2.73. The van der Waals surface area contributed by atoms with Crippen LogP contribution in [0, 0.1) is 0 Å². The lowest BCUT2D eigenvalue weighted by molar-refractivity contribution is 0.810. The van der Waals surface area contributed by atoms with Crippen molar-refractivity contribution in [3.63, 3.8) is 0 Å². The Kier molecular flexibility index (Phi) is 2.80. The molecule has 64 valence electrons. The molecular weight excluding hydrogens is 150 g/mol. The average molecular weight is 163 g/mol. The third-order valence-electron chi connectivity index (χ3n) is 1.56. The van der Waals surface area contributed by atoms with Gasteiger partial charge in [-0.05, 0) is 25.5 Å². The van der Waals surface area contributed by atoms with Crippen molar-refractivity contribution in [2.45, 2.75) is 19.9 Å². The molecule has 0 radical (unpaired) electrons. The highest BCUT2D eigenvalue weighted by Gasteiger charge is 2.01. The van der Waals surface area contributed by atoms with Crippen LogP contribution in [0.3, 0.4) is 0 Å². The van der Waals surface area contributed by atoms with E-state index in [0.29, 0.717) is 5.84 Å². The highest BCUT2D eigenvalue weighted by atomic mass is 14.9. The van der Waals surface area contributed by atoms with Gasteiger partial charge >= 0.3 is 0 Å². The van der Waals surface area contributed by atoms with Crippen LogP contribution in [-0.2, 0) is 0 Å². The van der Waals surface area contributed by atoms with E-state index in [9.17, 15) is 0 Å². The molecule has 1 heterocycles. The van der Waals surface area contributed by atoms with Gasteiger partial charge in [-0.2, -0.15) is 0 Å². The van der Waals surface area contributed by atoms with E-state index < -0.39 is 0 Å². The molecule has 1 aromatic rings. The van der Waals surface area contributed by atoms with Gasteiger partial charge in [0.15, 0.2) is 0 Å². The van der Waals surface area contributed by atoms with E-state index in [-0.39, 0.29) is 6.04 Å². The van der Waals surface area contributed by atoms with Crippen molar-refractivity contribution in [1.82, 2.24) is 4.98 Å². The molecule has 3 nitrogen and oxygen atoms in total. The first kappa shape index (κ1) is 8.71. The van der Waals surface area contributed by atoms with Crippen LogP contribution in [0.4, 0.5) is 0 Å². The molecule has 1 aromatic heterocycles. The molecule has 1 atom stereocenters. The number of nitrogens with two attached hydrogens (primary N) is 1. The first-order valence-corrected chi connectivity index (χ1v) is 3.90. The van der Waals surface area contributed by atoms with Gasteiger partial charge in [0.2, 0.25) is 0 Å². The molecule has 3 heteroatoms. The van der Waals surface area contributed by atoms with Gasteiger partial charge in [0, 0.05) is 12.4 Å². The first-order valence-electron chi connectivity index (χ1n) is 3.90. The predicted molar refractivity (Wildman–Crippen MR) is 49.9 cm³/mol. The van der Waals surface area contributed by atoms with Crippen LogP contribution < -0.4 is 5.73 Å². The Morgan fingerprint density at radius 1 is 1.67 bits per heavy atom. The first-order chi connectivity index (χ1) is 5.70. The number of pyridine rings is 1. The van der Waals surface area contributed by atoms with Crippen molar-refractivity contribution in [1.29, 1.82) is 0 Å². The van der Waals surface area contributed by atoms with E-state index >= 15 is 0 Å². The van der Waals surface area contributed by atoms with Gasteiger partial charge in [0.1, 0.15) is 0 Å². The Bertz CT molecular complexity index is 262. The molecule has 0 amide bonds. The second kappa shape index (κ2) is 3.85. The van der Waals surface area contributed by atoms with Gasteiger partial charge in [-0.1, -0.05) is 6.07 Å². The summed E-state index contributed by atoms with van der Waals surface area (Å²) in [5.74, 6) is 0.603. The number of aliphatic imine (C=N–C) groups is 1. The number of aromatic nitrogens is 1. The highest BCUT2D eigenvalue weighted by Crippen LogP contribution is 2.13. The zero-order chi connectivity index (χ0) is 8.97. The molecular formula is C9H13N3. The van der Waals surface area contributed by atoms with Gasteiger partial charge in [-0.3, -0.25) is 9.98 Å². The molecule has 1 rings (SSSR count). The number of hydrogen-bond donors (Lipinski definition) is 1. The van der Waals surface area contributed by atoms with Gasteiger partial charge in [0.25, 0.3) is 0 Å². The summed E-state index contributed by atoms with van der Waals surface area (Å²) in [6.07, 6.45) is 3.55. The summed E-state index contributed by atoms with van der Waals surface area (Å²) in [6.45, 7) is 3.78. The minimum Gasteiger partial charge on any atom is -0.388 e. The molecule has 0 saturated carbocycles. The van der Waals surface area contributed by atoms with Gasteiger partial charge in [0.05, 0.1) is 11.9 Å². The van der Waals surface area contributed by atoms with E-state index in [1.54, 1.807) is 19.3 Å². The molecule has 0 aromatic carbocycles.